The second-order valence-electron chi connectivity index (χ2n) is 7.64. The number of amides is 1. The minimum absolute atomic E-state index is 0.189. The number of nitrogens with one attached hydrogen (secondary N) is 1. The highest BCUT2D eigenvalue weighted by molar-refractivity contribution is 7.22. The molecule has 0 unspecified atom stereocenters. The van der Waals surface area contributed by atoms with Crippen LogP contribution in [0.2, 0.25) is 0 Å². The summed E-state index contributed by atoms with van der Waals surface area (Å²) in [4.78, 5) is 22.0. The van der Waals surface area contributed by atoms with Crippen molar-refractivity contribution < 1.29 is 22.7 Å². The summed E-state index contributed by atoms with van der Waals surface area (Å²) in [7, 11) is 4.48. The first kappa shape index (κ1) is 22.0. The van der Waals surface area contributed by atoms with Gasteiger partial charge in [-0.1, -0.05) is 0 Å². The van der Waals surface area contributed by atoms with E-state index < -0.39 is 23.3 Å². The summed E-state index contributed by atoms with van der Waals surface area (Å²) in [5.41, 5.74) is -0.470. The Morgan fingerprint density at radius 2 is 1.91 bits per heavy atom. The third-order valence-electron chi connectivity index (χ3n) is 5.54. The zero-order valence-corrected chi connectivity index (χ0v) is 19.1. The number of carbonyl (C=O) groups is 1. The molecule has 0 fully saturated rings. The third-order valence-corrected chi connectivity index (χ3v) is 6.67. The Morgan fingerprint density at radius 3 is 2.59 bits per heavy atom. The molecule has 0 saturated carbocycles. The maximum absolute atomic E-state index is 13.8. The smallest absolute Gasteiger partial charge is 0.432 e. The van der Waals surface area contributed by atoms with E-state index in [9.17, 15) is 18.0 Å². The van der Waals surface area contributed by atoms with Crippen molar-refractivity contribution in [3.8, 4) is 22.2 Å². The molecule has 4 heterocycles. The van der Waals surface area contributed by atoms with E-state index in [1.807, 2.05) is 23.9 Å². The second kappa shape index (κ2) is 7.87. The average molecular weight is 485 g/mol. The Kier molecular flexibility index (Phi) is 5.08. The summed E-state index contributed by atoms with van der Waals surface area (Å²) in [6.45, 7) is 0. The predicted octanol–water partition coefficient (Wildman–Crippen LogP) is 5.36. The van der Waals surface area contributed by atoms with Gasteiger partial charge in [-0.05, 0) is 18.2 Å². The van der Waals surface area contributed by atoms with Crippen LogP contribution in [0.5, 0.6) is 11.5 Å². The SMILES string of the molecule is CNC(=O)c1c(C(F)(F)F)n(C)c2cc(Oc3ccnc4cc(-c5nccn5C)sc34)ccc12. The van der Waals surface area contributed by atoms with Gasteiger partial charge in [0, 0.05) is 57.3 Å². The summed E-state index contributed by atoms with van der Waals surface area (Å²) in [5, 5.41) is 2.49. The van der Waals surface area contributed by atoms with E-state index >= 15 is 0 Å². The van der Waals surface area contributed by atoms with Crippen LogP contribution in [0.3, 0.4) is 0 Å². The van der Waals surface area contributed by atoms with Gasteiger partial charge in [-0.3, -0.25) is 9.78 Å². The lowest BCUT2D eigenvalue weighted by molar-refractivity contribution is -0.143. The molecule has 0 saturated heterocycles. The first-order valence-electron chi connectivity index (χ1n) is 10.1. The van der Waals surface area contributed by atoms with Crippen LogP contribution in [0.25, 0.3) is 31.8 Å². The minimum Gasteiger partial charge on any atom is -0.456 e. The van der Waals surface area contributed by atoms with Gasteiger partial charge in [-0.15, -0.1) is 11.3 Å². The number of aryl methyl sites for hydroxylation is 2. The second-order valence-corrected chi connectivity index (χ2v) is 8.69. The summed E-state index contributed by atoms with van der Waals surface area (Å²) < 4.78 is 51.0. The zero-order valence-electron chi connectivity index (χ0n) is 18.3. The first-order chi connectivity index (χ1) is 16.2. The number of rotatable bonds is 4. The van der Waals surface area contributed by atoms with Gasteiger partial charge >= 0.3 is 6.18 Å². The number of pyridine rings is 1. The molecule has 1 N–H and O–H groups in total. The molecule has 174 valence electrons. The van der Waals surface area contributed by atoms with Crippen molar-refractivity contribution in [1.29, 1.82) is 0 Å². The van der Waals surface area contributed by atoms with Gasteiger partial charge in [0.1, 0.15) is 23.0 Å². The molecule has 0 radical (unpaired) electrons. The Bertz CT molecular complexity index is 1560. The molecule has 0 bridgehead atoms. The number of benzene rings is 1. The fraction of sp³-hybridized carbons (Fsp3) is 0.174. The number of imidazole rings is 1. The molecule has 5 rings (SSSR count). The van der Waals surface area contributed by atoms with Crippen LogP contribution in [0.4, 0.5) is 13.2 Å². The van der Waals surface area contributed by atoms with Gasteiger partial charge in [-0.25, -0.2) is 4.98 Å². The Balaban J connectivity index is 1.60. The highest BCUT2D eigenvalue weighted by atomic mass is 32.1. The summed E-state index contributed by atoms with van der Waals surface area (Å²) in [5.74, 6) is 0.847. The molecule has 0 aliphatic carbocycles. The number of alkyl halides is 3. The molecule has 1 aromatic carbocycles. The number of carbonyl (C=O) groups excluding carboxylic acids is 1. The monoisotopic (exact) mass is 485 g/mol. The Labute approximate surface area is 195 Å². The van der Waals surface area contributed by atoms with Gasteiger partial charge < -0.3 is 19.2 Å². The molecule has 11 heteroatoms. The molecule has 0 aliphatic rings. The van der Waals surface area contributed by atoms with E-state index in [1.54, 1.807) is 24.5 Å². The summed E-state index contributed by atoms with van der Waals surface area (Å²) in [6, 6.07) is 8.13. The number of thiophene rings is 1. The van der Waals surface area contributed by atoms with Crippen molar-refractivity contribution in [2.75, 3.05) is 7.05 Å². The number of nitrogens with zero attached hydrogens (tertiary/aromatic N) is 4. The van der Waals surface area contributed by atoms with Crippen molar-refractivity contribution in [2.45, 2.75) is 6.18 Å². The lowest BCUT2D eigenvalue weighted by Gasteiger charge is -2.10. The Hall–Kier alpha value is -3.86. The summed E-state index contributed by atoms with van der Waals surface area (Å²) in [6.07, 6.45) is 0.467. The van der Waals surface area contributed by atoms with E-state index in [4.69, 9.17) is 4.74 Å². The van der Waals surface area contributed by atoms with Crippen molar-refractivity contribution in [3.05, 3.63) is 60.2 Å². The van der Waals surface area contributed by atoms with Gasteiger partial charge in [0.25, 0.3) is 5.91 Å². The number of hydrogen-bond donors (Lipinski definition) is 1. The van der Waals surface area contributed by atoms with Gasteiger partial charge in [-0.2, -0.15) is 13.2 Å². The van der Waals surface area contributed by atoms with E-state index in [-0.39, 0.29) is 10.9 Å². The van der Waals surface area contributed by atoms with Crippen molar-refractivity contribution in [3.63, 3.8) is 0 Å². The van der Waals surface area contributed by atoms with Crippen molar-refractivity contribution in [2.24, 2.45) is 14.1 Å². The third kappa shape index (κ3) is 3.48. The molecule has 0 aliphatic heterocycles. The largest absolute Gasteiger partial charge is 0.456 e. The van der Waals surface area contributed by atoms with Crippen LogP contribution < -0.4 is 10.1 Å². The number of fused-ring (bicyclic) bond motifs is 2. The predicted molar refractivity (Wildman–Crippen MR) is 123 cm³/mol. The molecular formula is C23H18F3N5O2S. The van der Waals surface area contributed by atoms with Gasteiger partial charge in [0.15, 0.2) is 0 Å². The molecule has 4 aromatic heterocycles. The zero-order chi connectivity index (χ0) is 24.2. The molecule has 5 aromatic rings. The quantitative estimate of drug-likeness (QED) is 0.372. The standard InChI is InChI=1S/C23H18F3N5O2S/c1-27-22(32)18-13-5-4-12(10-15(13)31(3)20(18)23(24,25)26)33-16-6-7-28-14-11-17(34-19(14)16)21-29-8-9-30(21)2/h4-11H,1-3H3,(H,27,32). The van der Waals surface area contributed by atoms with Crippen LogP contribution >= 0.6 is 11.3 Å². The number of halogens is 3. The molecule has 1 amide bonds. The topological polar surface area (TPSA) is 74.0 Å². The average Bonchev–Trinajstić information content (AvgIpc) is 3.48. The van der Waals surface area contributed by atoms with Crippen LogP contribution in [-0.2, 0) is 20.3 Å². The van der Waals surface area contributed by atoms with E-state index in [0.717, 1.165) is 25.5 Å². The molecule has 34 heavy (non-hydrogen) atoms. The maximum atomic E-state index is 13.8. The fourth-order valence-electron chi connectivity index (χ4n) is 4.00. The highest BCUT2D eigenvalue weighted by Crippen LogP contribution is 2.41. The Morgan fingerprint density at radius 1 is 1.12 bits per heavy atom. The summed E-state index contributed by atoms with van der Waals surface area (Å²) >= 11 is 1.46. The molecule has 7 nitrogen and oxygen atoms in total. The highest BCUT2D eigenvalue weighted by Gasteiger charge is 2.40. The van der Waals surface area contributed by atoms with Crippen molar-refractivity contribution in [1.82, 2.24) is 24.4 Å². The lowest BCUT2D eigenvalue weighted by atomic mass is 10.1. The number of hydrogen-bond acceptors (Lipinski definition) is 5. The fourth-order valence-corrected chi connectivity index (χ4v) is 5.11. The van der Waals surface area contributed by atoms with Gasteiger partial charge in [0.05, 0.1) is 26.2 Å². The van der Waals surface area contributed by atoms with Gasteiger partial charge in [0.2, 0.25) is 0 Å². The normalized spacial score (nSPS) is 11.9. The molecule has 0 spiro atoms. The molecule has 0 atom stereocenters. The van der Waals surface area contributed by atoms with Crippen LogP contribution in [0.15, 0.2) is 48.9 Å². The van der Waals surface area contributed by atoms with E-state index in [1.165, 1.54) is 37.6 Å². The number of aromatic nitrogens is 4. The van der Waals surface area contributed by atoms with E-state index in [2.05, 4.69) is 15.3 Å². The maximum Gasteiger partial charge on any atom is 0.432 e. The van der Waals surface area contributed by atoms with Crippen LogP contribution in [0.1, 0.15) is 16.1 Å². The molecular weight excluding hydrogens is 467 g/mol. The van der Waals surface area contributed by atoms with Crippen molar-refractivity contribution >= 4 is 38.4 Å². The van der Waals surface area contributed by atoms with Crippen LogP contribution in [0, 0.1) is 0 Å². The first-order valence-corrected chi connectivity index (χ1v) is 11.0. The van der Waals surface area contributed by atoms with Crippen LogP contribution in [-0.4, -0.2) is 32.1 Å². The van der Waals surface area contributed by atoms with E-state index in [0.29, 0.717) is 11.5 Å². The minimum atomic E-state index is -4.70. The lowest BCUT2D eigenvalue weighted by Crippen LogP contribution is -2.23. The number of ether oxygens (including phenoxy) is 1.